The Morgan fingerprint density at radius 2 is 2.10 bits per heavy atom. The minimum absolute atomic E-state index is 0.168. The van der Waals surface area contributed by atoms with E-state index in [-0.39, 0.29) is 11.1 Å². The molecule has 1 N–H and O–H groups in total. The third-order valence-electron chi connectivity index (χ3n) is 3.20. The summed E-state index contributed by atoms with van der Waals surface area (Å²) in [5.74, 6) is -1.00. The topological polar surface area (TPSA) is 72.2 Å². The second-order valence-corrected chi connectivity index (χ2v) is 5.66. The molecule has 0 bridgehead atoms. The normalized spacial score (nSPS) is 10.8. The van der Waals surface area contributed by atoms with Crippen molar-refractivity contribution in [2.45, 2.75) is 33.7 Å². The summed E-state index contributed by atoms with van der Waals surface area (Å²) in [5.41, 5.74) is 2.00. The summed E-state index contributed by atoms with van der Waals surface area (Å²) in [6.07, 6.45) is 0.626. The molecule has 2 aromatic rings. The summed E-state index contributed by atoms with van der Waals surface area (Å²) in [6.45, 7) is 5.68. The Kier molecular flexibility index (Phi) is 4.04. The van der Waals surface area contributed by atoms with Gasteiger partial charge in [-0.15, -0.1) is 11.3 Å². The first-order chi connectivity index (χ1) is 9.40. The van der Waals surface area contributed by atoms with Gasteiger partial charge in [-0.1, -0.05) is 0 Å². The van der Waals surface area contributed by atoms with E-state index in [4.69, 9.17) is 0 Å². The quantitative estimate of drug-likeness (QED) is 0.937. The van der Waals surface area contributed by atoms with Crippen molar-refractivity contribution in [2.24, 2.45) is 0 Å². The van der Waals surface area contributed by atoms with Gasteiger partial charge in [-0.3, -0.25) is 4.79 Å². The molecule has 2 rings (SSSR count). The molecular weight excluding hydrogens is 276 g/mol. The van der Waals surface area contributed by atoms with Crippen LogP contribution in [-0.2, 0) is 13.0 Å². The Bertz CT molecular complexity index is 716. The highest BCUT2D eigenvalue weighted by Gasteiger charge is 2.15. The van der Waals surface area contributed by atoms with Gasteiger partial charge in [0.15, 0.2) is 0 Å². The van der Waals surface area contributed by atoms with Gasteiger partial charge in [0.25, 0.3) is 5.56 Å². The predicted molar refractivity (Wildman–Crippen MR) is 77.7 cm³/mol. The number of aromatic nitrogens is 2. The molecule has 0 saturated heterocycles. The van der Waals surface area contributed by atoms with E-state index in [2.05, 4.69) is 4.98 Å². The fraction of sp³-hybridized carbons (Fsp3) is 0.357. The molecular formula is C14H16N2O3S. The molecule has 0 aliphatic heterocycles. The number of carboxylic acid groups (broad SMARTS) is 1. The van der Waals surface area contributed by atoms with Crippen molar-refractivity contribution in [3.05, 3.63) is 49.3 Å². The molecule has 0 aliphatic carbocycles. The first-order valence-corrected chi connectivity index (χ1v) is 7.13. The molecule has 0 amide bonds. The van der Waals surface area contributed by atoms with Crippen LogP contribution in [0.4, 0.5) is 0 Å². The number of carboxylic acids is 1. The van der Waals surface area contributed by atoms with Gasteiger partial charge in [-0.25, -0.2) is 9.78 Å². The Balaban J connectivity index is 2.34. The van der Waals surface area contributed by atoms with Crippen LogP contribution in [0.15, 0.2) is 16.2 Å². The third kappa shape index (κ3) is 2.80. The van der Waals surface area contributed by atoms with E-state index in [1.54, 1.807) is 25.2 Å². The highest BCUT2D eigenvalue weighted by Crippen LogP contribution is 2.14. The summed E-state index contributed by atoms with van der Waals surface area (Å²) in [6, 6.07) is 1.38. The molecule has 0 aromatic carbocycles. The first kappa shape index (κ1) is 14.5. The Morgan fingerprint density at radius 3 is 2.65 bits per heavy atom. The molecule has 0 radical (unpaired) electrons. The van der Waals surface area contributed by atoms with Crippen LogP contribution in [0.25, 0.3) is 0 Å². The summed E-state index contributed by atoms with van der Waals surface area (Å²) >= 11 is 1.55. The zero-order valence-corrected chi connectivity index (χ0v) is 12.5. The number of aromatic carboxylic acids is 1. The van der Waals surface area contributed by atoms with Gasteiger partial charge in [0, 0.05) is 35.8 Å². The zero-order valence-electron chi connectivity index (χ0n) is 11.6. The lowest BCUT2D eigenvalue weighted by Gasteiger charge is -2.13. The van der Waals surface area contributed by atoms with E-state index in [0.29, 0.717) is 24.2 Å². The maximum absolute atomic E-state index is 12.0. The fourth-order valence-corrected chi connectivity index (χ4v) is 3.01. The molecule has 0 unspecified atom stereocenters. The van der Waals surface area contributed by atoms with Gasteiger partial charge in [-0.2, -0.15) is 0 Å². The number of thiazole rings is 1. The molecule has 20 heavy (non-hydrogen) atoms. The lowest BCUT2D eigenvalue weighted by atomic mass is 10.1. The van der Waals surface area contributed by atoms with Crippen molar-refractivity contribution in [3.63, 3.8) is 0 Å². The summed E-state index contributed by atoms with van der Waals surface area (Å²) in [4.78, 5) is 27.6. The van der Waals surface area contributed by atoms with Gasteiger partial charge in [0.05, 0.1) is 10.6 Å². The second-order valence-electron chi connectivity index (χ2n) is 4.72. The molecule has 0 atom stereocenters. The van der Waals surface area contributed by atoms with Gasteiger partial charge >= 0.3 is 5.97 Å². The predicted octanol–water partition coefficient (Wildman–Crippen LogP) is 2.17. The minimum atomic E-state index is -1.00. The number of carbonyl (C=O) groups is 1. The van der Waals surface area contributed by atoms with Crippen LogP contribution in [0.3, 0.4) is 0 Å². The number of pyridine rings is 1. The summed E-state index contributed by atoms with van der Waals surface area (Å²) in [5, 5.41) is 12.1. The lowest BCUT2D eigenvalue weighted by molar-refractivity contribution is 0.0694. The number of hydrogen-bond donors (Lipinski definition) is 1. The van der Waals surface area contributed by atoms with Crippen molar-refractivity contribution in [1.29, 1.82) is 0 Å². The molecule has 0 spiro atoms. The van der Waals surface area contributed by atoms with Crippen LogP contribution in [0.1, 0.15) is 32.3 Å². The second kappa shape index (κ2) is 5.58. The Labute approximate surface area is 120 Å². The van der Waals surface area contributed by atoms with Crippen LogP contribution in [-0.4, -0.2) is 20.6 Å². The molecule has 6 heteroatoms. The molecule has 0 fully saturated rings. The number of hydrogen-bond acceptors (Lipinski definition) is 4. The third-order valence-corrected chi connectivity index (χ3v) is 4.22. The minimum Gasteiger partial charge on any atom is -0.478 e. The number of aryl methyl sites for hydroxylation is 3. The smallest absolute Gasteiger partial charge is 0.337 e. The van der Waals surface area contributed by atoms with Gasteiger partial charge in [0.1, 0.15) is 0 Å². The highest BCUT2D eigenvalue weighted by atomic mass is 32.1. The standard InChI is InChI=1S/C14H16N2O3S/c1-8-6-12(17)16(10(3)13(8)14(18)19)5-4-11-15-9(2)7-20-11/h6-7H,4-5H2,1-3H3,(H,18,19). The first-order valence-electron chi connectivity index (χ1n) is 6.25. The SMILES string of the molecule is Cc1csc(CCn2c(C)c(C(=O)O)c(C)cc2=O)n1. The van der Waals surface area contributed by atoms with E-state index in [9.17, 15) is 14.7 Å². The van der Waals surface area contributed by atoms with Crippen LogP contribution in [0, 0.1) is 20.8 Å². The zero-order chi connectivity index (χ0) is 14.9. The van der Waals surface area contributed by atoms with Crippen LogP contribution >= 0.6 is 11.3 Å². The highest BCUT2D eigenvalue weighted by molar-refractivity contribution is 7.09. The van der Waals surface area contributed by atoms with Gasteiger partial charge < -0.3 is 9.67 Å². The van der Waals surface area contributed by atoms with Crippen LogP contribution in [0.2, 0.25) is 0 Å². The molecule has 0 saturated carbocycles. The average molecular weight is 292 g/mol. The fourth-order valence-electron chi connectivity index (χ4n) is 2.25. The van der Waals surface area contributed by atoms with Crippen LogP contribution < -0.4 is 5.56 Å². The molecule has 106 valence electrons. The van der Waals surface area contributed by atoms with E-state index in [1.165, 1.54) is 10.6 Å². The van der Waals surface area contributed by atoms with Crippen LogP contribution in [0.5, 0.6) is 0 Å². The van der Waals surface area contributed by atoms with E-state index >= 15 is 0 Å². The molecule has 2 heterocycles. The summed E-state index contributed by atoms with van der Waals surface area (Å²) < 4.78 is 1.51. The number of nitrogens with zero attached hydrogens (tertiary/aromatic N) is 2. The van der Waals surface area contributed by atoms with Crippen molar-refractivity contribution in [1.82, 2.24) is 9.55 Å². The maximum atomic E-state index is 12.0. The van der Waals surface area contributed by atoms with E-state index in [0.717, 1.165) is 10.7 Å². The Morgan fingerprint density at radius 1 is 1.40 bits per heavy atom. The Hall–Kier alpha value is -1.95. The van der Waals surface area contributed by atoms with Gasteiger partial charge in [0.2, 0.25) is 0 Å². The summed E-state index contributed by atoms with van der Waals surface area (Å²) in [7, 11) is 0. The maximum Gasteiger partial charge on any atom is 0.337 e. The van der Waals surface area contributed by atoms with E-state index < -0.39 is 5.97 Å². The van der Waals surface area contributed by atoms with E-state index in [1.807, 2.05) is 12.3 Å². The van der Waals surface area contributed by atoms with Crippen molar-refractivity contribution in [2.75, 3.05) is 0 Å². The molecule has 0 aliphatic rings. The van der Waals surface area contributed by atoms with Crippen molar-refractivity contribution < 1.29 is 9.90 Å². The monoisotopic (exact) mass is 292 g/mol. The largest absolute Gasteiger partial charge is 0.478 e. The van der Waals surface area contributed by atoms with Crippen molar-refractivity contribution >= 4 is 17.3 Å². The molecule has 2 aromatic heterocycles. The lowest BCUT2D eigenvalue weighted by Crippen LogP contribution is -2.26. The average Bonchev–Trinajstić information content (AvgIpc) is 2.73. The number of rotatable bonds is 4. The van der Waals surface area contributed by atoms with Gasteiger partial charge in [-0.05, 0) is 26.3 Å². The molecule has 5 nitrogen and oxygen atoms in total. The van der Waals surface area contributed by atoms with Crippen molar-refractivity contribution in [3.8, 4) is 0 Å².